The summed E-state index contributed by atoms with van der Waals surface area (Å²) in [6, 6.07) is 6.06. The molecule has 0 fully saturated rings. The van der Waals surface area contributed by atoms with Gasteiger partial charge in [-0.05, 0) is 24.3 Å². The van der Waals surface area contributed by atoms with Crippen LogP contribution in [0.25, 0.3) is 0 Å². The molecule has 2 heterocycles. The van der Waals surface area contributed by atoms with Gasteiger partial charge in [0.25, 0.3) is 0 Å². The van der Waals surface area contributed by atoms with E-state index in [1.54, 1.807) is 12.1 Å². The van der Waals surface area contributed by atoms with Crippen LogP contribution < -0.4 is 0 Å². The number of hydrogen-bond donors (Lipinski definition) is 0. The fourth-order valence-electron chi connectivity index (χ4n) is 1.14. The van der Waals surface area contributed by atoms with E-state index in [1.807, 2.05) is 0 Å². The van der Waals surface area contributed by atoms with Gasteiger partial charge in [0.15, 0.2) is 0 Å². The lowest BCUT2D eigenvalue weighted by Crippen LogP contribution is -2.11. The molecule has 0 aromatic carbocycles. The Hall–Kier alpha value is -2.80. The largest absolute Gasteiger partial charge is 0.378 e. The highest BCUT2D eigenvalue weighted by atomic mass is 17.5. The van der Waals surface area contributed by atoms with Crippen LogP contribution in [0.5, 0.6) is 0 Å². The molecule has 0 radical (unpaired) electrons. The predicted octanol–water partition coefficient (Wildman–Crippen LogP) is 1.34. The third-order valence-electron chi connectivity index (χ3n) is 2.01. The summed E-state index contributed by atoms with van der Waals surface area (Å²) in [5, 5.41) is 4.11. The first-order valence-electron chi connectivity index (χ1n) is 5.17. The average molecular weight is 260 g/mol. The molecule has 0 aliphatic heterocycles. The van der Waals surface area contributed by atoms with Crippen LogP contribution in [0.15, 0.2) is 49.1 Å². The maximum atomic E-state index is 11.4. The zero-order chi connectivity index (χ0) is 13.5. The monoisotopic (exact) mass is 260 g/mol. The van der Waals surface area contributed by atoms with E-state index in [9.17, 15) is 9.59 Å². The Balaban J connectivity index is 1.81. The lowest BCUT2D eigenvalue weighted by atomic mass is 10.3. The number of pyridine rings is 2. The fraction of sp³-hybridized carbons (Fsp3) is 0. The molecular weight excluding hydrogens is 252 g/mol. The quantitative estimate of drug-likeness (QED) is 0.605. The number of aromatic nitrogens is 2. The maximum absolute atomic E-state index is 11.4. The topological polar surface area (TPSA) is 87.6 Å². The standard InChI is InChI=1S/C12H8N2O5/c15-11(9-3-1-5-13-7-9)17-19-18-12(16)10-4-2-6-14-8-10/h1-8H. The van der Waals surface area contributed by atoms with Crippen LogP contribution in [0, 0.1) is 0 Å². The number of rotatable bonds is 4. The summed E-state index contributed by atoms with van der Waals surface area (Å²) < 4.78 is 0. The van der Waals surface area contributed by atoms with Gasteiger partial charge in [0.1, 0.15) is 0 Å². The third kappa shape index (κ3) is 3.58. The maximum Gasteiger partial charge on any atom is 0.378 e. The first-order valence-corrected chi connectivity index (χ1v) is 5.17. The SMILES string of the molecule is O=C(OOOC(=O)c1cccnc1)c1cccnc1. The molecule has 0 aliphatic carbocycles. The Bertz CT molecular complexity index is 507. The van der Waals surface area contributed by atoms with Crippen molar-refractivity contribution in [1.29, 1.82) is 0 Å². The van der Waals surface area contributed by atoms with Gasteiger partial charge >= 0.3 is 11.9 Å². The summed E-state index contributed by atoms with van der Waals surface area (Å²) in [5.74, 6) is -1.65. The van der Waals surface area contributed by atoms with Gasteiger partial charge < -0.3 is 0 Å². The highest BCUT2D eigenvalue weighted by Gasteiger charge is 2.12. The van der Waals surface area contributed by atoms with Gasteiger partial charge in [-0.1, -0.05) is 0 Å². The Kier molecular flexibility index (Phi) is 4.14. The van der Waals surface area contributed by atoms with Gasteiger partial charge in [-0.15, -0.1) is 0 Å². The van der Waals surface area contributed by atoms with Crippen LogP contribution in [0.2, 0.25) is 0 Å². The molecule has 0 spiro atoms. The van der Waals surface area contributed by atoms with Gasteiger partial charge in [0, 0.05) is 29.8 Å². The molecule has 2 aromatic heterocycles. The lowest BCUT2D eigenvalue weighted by molar-refractivity contribution is -0.446. The van der Waals surface area contributed by atoms with E-state index >= 15 is 0 Å². The summed E-state index contributed by atoms with van der Waals surface area (Å²) in [7, 11) is 0. The summed E-state index contributed by atoms with van der Waals surface area (Å²) in [4.78, 5) is 38.7. The van der Waals surface area contributed by atoms with Crippen molar-refractivity contribution < 1.29 is 24.4 Å². The second-order valence-corrected chi connectivity index (χ2v) is 3.29. The van der Waals surface area contributed by atoms with E-state index in [1.165, 1.54) is 36.9 Å². The molecule has 0 aliphatic rings. The molecule has 0 atom stereocenters. The Morgan fingerprint density at radius 1 is 0.842 bits per heavy atom. The van der Waals surface area contributed by atoms with Gasteiger partial charge in [0.2, 0.25) is 0 Å². The van der Waals surface area contributed by atoms with Gasteiger partial charge in [-0.25, -0.2) is 9.59 Å². The molecule has 2 rings (SSSR count). The van der Waals surface area contributed by atoms with Crippen molar-refractivity contribution in [2.75, 3.05) is 0 Å². The highest BCUT2D eigenvalue weighted by molar-refractivity contribution is 5.89. The zero-order valence-electron chi connectivity index (χ0n) is 9.55. The molecule has 2 aromatic rings. The van der Waals surface area contributed by atoms with Crippen molar-refractivity contribution in [1.82, 2.24) is 9.97 Å². The second-order valence-electron chi connectivity index (χ2n) is 3.29. The van der Waals surface area contributed by atoms with E-state index in [0.717, 1.165) is 0 Å². The molecule has 0 saturated carbocycles. The Morgan fingerprint density at radius 3 is 1.68 bits per heavy atom. The van der Waals surface area contributed by atoms with Crippen molar-refractivity contribution in [3.05, 3.63) is 60.2 Å². The first-order chi connectivity index (χ1) is 9.27. The molecule has 96 valence electrons. The molecule has 7 heteroatoms. The summed E-state index contributed by atoms with van der Waals surface area (Å²) in [5.41, 5.74) is 0.333. The van der Waals surface area contributed by atoms with Gasteiger partial charge in [-0.2, -0.15) is 0 Å². The summed E-state index contributed by atoms with van der Waals surface area (Å²) in [6.45, 7) is 0. The van der Waals surface area contributed by atoms with E-state index < -0.39 is 11.9 Å². The average Bonchev–Trinajstić information content (AvgIpc) is 2.49. The van der Waals surface area contributed by atoms with Crippen LogP contribution >= 0.6 is 0 Å². The first kappa shape index (κ1) is 12.7. The molecule has 0 amide bonds. The van der Waals surface area contributed by atoms with Crippen molar-refractivity contribution >= 4 is 11.9 Å². The third-order valence-corrected chi connectivity index (χ3v) is 2.01. The predicted molar refractivity (Wildman–Crippen MR) is 60.4 cm³/mol. The minimum absolute atomic E-state index is 0.167. The Morgan fingerprint density at radius 2 is 1.32 bits per heavy atom. The Labute approximate surface area is 107 Å². The smallest absolute Gasteiger partial charge is 0.264 e. The van der Waals surface area contributed by atoms with Crippen LogP contribution in [-0.2, 0) is 14.8 Å². The lowest BCUT2D eigenvalue weighted by Gasteiger charge is -2.01. The number of nitrogens with zero attached hydrogens (tertiary/aromatic N) is 2. The molecular formula is C12H8N2O5. The van der Waals surface area contributed by atoms with Crippen molar-refractivity contribution in [3.63, 3.8) is 0 Å². The van der Waals surface area contributed by atoms with Crippen LogP contribution in [-0.4, -0.2) is 21.9 Å². The summed E-state index contributed by atoms with van der Waals surface area (Å²) >= 11 is 0. The number of carbonyl (C=O) groups excluding carboxylic acids is 2. The molecule has 0 saturated heterocycles. The molecule has 7 nitrogen and oxygen atoms in total. The molecule has 0 bridgehead atoms. The van der Waals surface area contributed by atoms with Crippen LogP contribution in [0.1, 0.15) is 20.7 Å². The van der Waals surface area contributed by atoms with E-state index in [-0.39, 0.29) is 11.1 Å². The van der Waals surface area contributed by atoms with Crippen LogP contribution in [0.4, 0.5) is 0 Å². The molecule has 0 unspecified atom stereocenters. The zero-order valence-corrected chi connectivity index (χ0v) is 9.55. The fourth-order valence-corrected chi connectivity index (χ4v) is 1.14. The molecule has 19 heavy (non-hydrogen) atoms. The summed E-state index contributed by atoms with van der Waals surface area (Å²) in [6.07, 6.45) is 5.57. The number of hydrogen-bond acceptors (Lipinski definition) is 7. The van der Waals surface area contributed by atoms with E-state index in [2.05, 4.69) is 24.8 Å². The van der Waals surface area contributed by atoms with Crippen molar-refractivity contribution in [2.45, 2.75) is 0 Å². The van der Waals surface area contributed by atoms with Gasteiger partial charge in [0.05, 0.1) is 11.1 Å². The van der Waals surface area contributed by atoms with Crippen molar-refractivity contribution in [3.8, 4) is 0 Å². The van der Waals surface area contributed by atoms with E-state index in [0.29, 0.717) is 0 Å². The van der Waals surface area contributed by atoms with Gasteiger partial charge in [-0.3, -0.25) is 19.7 Å². The number of carbonyl (C=O) groups is 2. The minimum Gasteiger partial charge on any atom is -0.264 e. The van der Waals surface area contributed by atoms with E-state index in [4.69, 9.17) is 0 Å². The highest BCUT2D eigenvalue weighted by Crippen LogP contribution is 2.02. The normalized spacial score (nSPS) is 9.68. The molecule has 0 N–H and O–H groups in total. The van der Waals surface area contributed by atoms with Crippen molar-refractivity contribution in [2.24, 2.45) is 0 Å². The van der Waals surface area contributed by atoms with Crippen LogP contribution in [0.3, 0.4) is 0 Å². The second kappa shape index (κ2) is 6.22. The minimum atomic E-state index is -0.827.